The number of amides is 1. The summed E-state index contributed by atoms with van der Waals surface area (Å²) in [5.74, 6) is 2.92. The van der Waals surface area contributed by atoms with Crippen LogP contribution in [0.15, 0.2) is 24.5 Å². The van der Waals surface area contributed by atoms with Crippen LogP contribution in [0.5, 0.6) is 0 Å². The van der Waals surface area contributed by atoms with Crippen LogP contribution in [-0.4, -0.2) is 40.5 Å². The van der Waals surface area contributed by atoms with E-state index >= 15 is 0 Å². The molecule has 1 saturated heterocycles. The van der Waals surface area contributed by atoms with Crippen LogP contribution in [-0.2, 0) is 0 Å². The fourth-order valence-corrected chi connectivity index (χ4v) is 3.75. The summed E-state index contributed by atoms with van der Waals surface area (Å²) in [5.41, 5.74) is 0.764. The minimum atomic E-state index is -0.124. The van der Waals surface area contributed by atoms with Crippen LogP contribution in [0, 0.1) is 6.92 Å². The molecule has 0 atom stereocenters. The summed E-state index contributed by atoms with van der Waals surface area (Å²) >= 11 is 3.35. The number of aromatic nitrogens is 2. The van der Waals surface area contributed by atoms with Crippen molar-refractivity contribution in [2.75, 3.05) is 34.8 Å². The Morgan fingerprint density at radius 2 is 2.14 bits per heavy atom. The number of hydrogen-bond donors (Lipinski definition) is 1. The van der Waals surface area contributed by atoms with Crippen molar-refractivity contribution in [3.05, 3.63) is 34.4 Å². The van der Waals surface area contributed by atoms with E-state index in [1.165, 1.54) is 11.3 Å². The van der Waals surface area contributed by atoms with Crippen molar-refractivity contribution in [3.8, 4) is 0 Å². The number of carbonyl (C=O) groups is 1. The minimum Gasteiger partial charge on any atom is -0.353 e. The first-order valence-electron chi connectivity index (χ1n) is 6.75. The Hall–Kier alpha value is -1.60. The van der Waals surface area contributed by atoms with Gasteiger partial charge < -0.3 is 10.2 Å². The quantitative estimate of drug-likeness (QED) is 0.942. The van der Waals surface area contributed by atoms with Crippen molar-refractivity contribution in [3.63, 3.8) is 0 Å². The summed E-state index contributed by atoms with van der Waals surface area (Å²) in [7, 11) is 0. The molecule has 0 radical (unpaired) electrons. The monoisotopic (exact) mass is 320 g/mol. The normalized spacial score (nSPS) is 15.0. The molecule has 1 N–H and O–H groups in total. The van der Waals surface area contributed by atoms with E-state index in [0.717, 1.165) is 41.1 Å². The molecular formula is C14H16N4OS2. The van der Waals surface area contributed by atoms with Gasteiger partial charge in [-0.15, -0.1) is 11.3 Å². The highest BCUT2D eigenvalue weighted by atomic mass is 32.2. The highest BCUT2D eigenvalue weighted by Gasteiger charge is 2.18. The maximum atomic E-state index is 12.3. The standard InChI is InChI=1S/C14H16N4OS2/c1-10-16-9-12(21-10)14(19)17-11-3-2-4-15-13(11)18-5-7-20-8-6-18/h2-4,9H,5-8H2,1H3,(H,17,19). The fourth-order valence-electron chi connectivity index (χ4n) is 2.17. The smallest absolute Gasteiger partial charge is 0.267 e. The summed E-state index contributed by atoms with van der Waals surface area (Å²) in [4.78, 5) is 23.7. The summed E-state index contributed by atoms with van der Waals surface area (Å²) in [5, 5.41) is 3.85. The number of nitrogens with one attached hydrogen (secondary N) is 1. The number of thioether (sulfide) groups is 1. The van der Waals surface area contributed by atoms with Crippen LogP contribution in [0.1, 0.15) is 14.7 Å². The number of carbonyl (C=O) groups excluding carboxylic acids is 1. The summed E-state index contributed by atoms with van der Waals surface area (Å²) in [6.45, 7) is 3.82. The molecule has 1 fully saturated rings. The second-order valence-corrected chi connectivity index (χ2v) is 7.13. The molecule has 3 rings (SSSR count). The van der Waals surface area contributed by atoms with Crippen LogP contribution < -0.4 is 10.2 Å². The zero-order chi connectivity index (χ0) is 14.7. The van der Waals surface area contributed by atoms with Crippen LogP contribution in [0.3, 0.4) is 0 Å². The van der Waals surface area contributed by atoms with Crippen molar-refractivity contribution in [2.45, 2.75) is 6.92 Å². The van der Waals surface area contributed by atoms with E-state index in [-0.39, 0.29) is 5.91 Å². The van der Waals surface area contributed by atoms with Gasteiger partial charge in [-0.3, -0.25) is 4.79 Å². The van der Waals surface area contributed by atoms with E-state index in [1.807, 2.05) is 30.8 Å². The lowest BCUT2D eigenvalue weighted by Crippen LogP contribution is -2.33. The molecule has 0 spiro atoms. The van der Waals surface area contributed by atoms with Gasteiger partial charge in [0.1, 0.15) is 4.88 Å². The Morgan fingerprint density at radius 1 is 1.33 bits per heavy atom. The van der Waals surface area contributed by atoms with Crippen molar-refractivity contribution in [2.24, 2.45) is 0 Å². The molecule has 1 aliphatic rings. The molecule has 0 bridgehead atoms. The third-order valence-electron chi connectivity index (χ3n) is 3.19. The van der Waals surface area contributed by atoms with Gasteiger partial charge in [0.15, 0.2) is 5.82 Å². The minimum absolute atomic E-state index is 0.124. The molecule has 0 aromatic carbocycles. The largest absolute Gasteiger partial charge is 0.353 e. The second-order valence-electron chi connectivity index (χ2n) is 4.67. The predicted octanol–water partition coefficient (Wildman–Crippen LogP) is 2.65. The summed E-state index contributed by atoms with van der Waals surface area (Å²) < 4.78 is 0. The lowest BCUT2D eigenvalue weighted by atomic mass is 10.3. The van der Waals surface area contributed by atoms with Crippen molar-refractivity contribution < 1.29 is 4.79 Å². The summed E-state index contributed by atoms with van der Waals surface area (Å²) in [6, 6.07) is 3.74. The molecule has 21 heavy (non-hydrogen) atoms. The highest BCUT2D eigenvalue weighted by Crippen LogP contribution is 2.26. The maximum absolute atomic E-state index is 12.3. The number of rotatable bonds is 3. The van der Waals surface area contributed by atoms with Gasteiger partial charge in [0.05, 0.1) is 16.9 Å². The third kappa shape index (κ3) is 3.36. The molecule has 2 aromatic rings. The highest BCUT2D eigenvalue weighted by molar-refractivity contribution is 7.99. The maximum Gasteiger partial charge on any atom is 0.267 e. The van der Waals surface area contributed by atoms with Gasteiger partial charge in [0.25, 0.3) is 5.91 Å². The van der Waals surface area contributed by atoms with Gasteiger partial charge in [-0.05, 0) is 19.1 Å². The molecular weight excluding hydrogens is 304 g/mol. The van der Waals surface area contributed by atoms with E-state index < -0.39 is 0 Å². The molecule has 0 aliphatic carbocycles. The Balaban J connectivity index is 1.80. The van der Waals surface area contributed by atoms with Crippen LogP contribution in [0.4, 0.5) is 11.5 Å². The number of thiazole rings is 1. The van der Waals surface area contributed by atoms with Gasteiger partial charge in [0, 0.05) is 30.8 Å². The topological polar surface area (TPSA) is 58.1 Å². The lowest BCUT2D eigenvalue weighted by Gasteiger charge is -2.28. The zero-order valence-corrected chi connectivity index (χ0v) is 13.3. The number of hydrogen-bond acceptors (Lipinski definition) is 6. The van der Waals surface area contributed by atoms with Crippen LogP contribution in [0.25, 0.3) is 0 Å². The Labute approximate surface area is 131 Å². The van der Waals surface area contributed by atoms with Crippen LogP contribution >= 0.6 is 23.1 Å². The fraction of sp³-hybridized carbons (Fsp3) is 0.357. The van der Waals surface area contributed by atoms with Crippen molar-refractivity contribution in [1.29, 1.82) is 0 Å². The Morgan fingerprint density at radius 3 is 2.86 bits per heavy atom. The second kappa shape index (κ2) is 6.44. The van der Waals surface area contributed by atoms with E-state index in [1.54, 1.807) is 12.4 Å². The van der Waals surface area contributed by atoms with E-state index in [2.05, 4.69) is 20.2 Å². The lowest BCUT2D eigenvalue weighted by molar-refractivity contribution is 0.103. The van der Waals surface area contributed by atoms with Crippen molar-refractivity contribution >= 4 is 40.5 Å². The SMILES string of the molecule is Cc1ncc(C(=O)Nc2cccnc2N2CCSCC2)s1. The van der Waals surface area contributed by atoms with Crippen molar-refractivity contribution in [1.82, 2.24) is 9.97 Å². The van der Waals surface area contributed by atoms with Gasteiger partial charge in [0.2, 0.25) is 0 Å². The van der Waals surface area contributed by atoms with E-state index in [0.29, 0.717) is 4.88 Å². The number of pyridine rings is 1. The molecule has 110 valence electrons. The molecule has 3 heterocycles. The zero-order valence-electron chi connectivity index (χ0n) is 11.7. The van der Waals surface area contributed by atoms with Gasteiger partial charge >= 0.3 is 0 Å². The molecule has 5 nitrogen and oxygen atoms in total. The first-order valence-corrected chi connectivity index (χ1v) is 8.72. The Kier molecular flexibility index (Phi) is 4.40. The molecule has 7 heteroatoms. The van der Waals surface area contributed by atoms with Gasteiger partial charge in [-0.1, -0.05) is 0 Å². The number of anilines is 2. The first kappa shape index (κ1) is 14.3. The predicted molar refractivity (Wildman–Crippen MR) is 88.6 cm³/mol. The van der Waals surface area contributed by atoms with Crippen LogP contribution in [0.2, 0.25) is 0 Å². The Bertz CT molecular complexity index is 637. The molecule has 0 saturated carbocycles. The summed E-state index contributed by atoms with van der Waals surface area (Å²) in [6.07, 6.45) is 3.38. The molecule has 2 aromatic heterocycles. The first-order chi connectivity index (χ1) is 10.2. The molecule has 0 unspecified atom stereocenters. The molecule has 1 aliphatic heterocycles. The van der Waals surface area contributed by atoms with E-state index in [4.69, 9.17) is 0 Å². The average molecular weight is 320 g/mol. The third-order valence-corrected chi connectivity index (χ3v) is 5.04. The van der Waals surface area contributed by atoms with Gasteiger partial charge in [-0.2, -0.15) is 11.8 Å². The van der Waals surface area contributed by atoms with Gasteiger partial charge in [-0.25, -0.2) is 9.97 Å². The average Bonchev–Trinajstić information content (AvgIpc) is 2.95. The van der Waals surface area contributed by atoms with E-state index in [9.17, 15) is 4.79 Å². The number of aryl methyl sites for hydroxylation is 1. The number of nitrogens with zero attached hydrogens (tertiary/aromatic N) is 3. The molecule has 1 amide bonds.